The van der Waals surface area contributed by atoms with Crippen molar-refractivity contribution in [1.29, 1.82) is 0 Å². The molecule has 0 radical (unpaired) electrons. The van der Waals surface area contributed by atoms with Crippen LogP contribution in [0.25, 0.3) is 0 Å². The summed E-state index contributed by atoms with van der Waals surface area (Å²) in [5, 5.41) is 0. The lowest BCUT2D eigenvalue weighted by atomic mass is 9.99. The lowest BCUT2D eigenvalue weighted by Gasteiger charge is -2.33. The quantitative estimate of drug-likeness (QED) is 0.670. The van der Waals surface area contributed by atoms with E-state index in [0.717, 1.165) is 0 Å². The first-order chi connectivity index (χ1) is 10.3. The molecule has 7 heteroatoms. The number of hydrogen-bond donors (Lipinski definition) is 0. The third-order valence-electron chi connectivity index (χ3n) is 4.02. The molecule has 0 unspecified atom stereocenters. The first-order valence-corrected chi connectivity index (χ1v) is 7.65. The Labute approximate surface area is 131 Å². The first kappa shape index (κ1) is 17.6. The molecular weight excluding hydrogens is 290 g/mol. The Morgan fingerprint density at radius 2 is 2.00 bits per heavy atom. The zero-order valence-corrected chi connectivity index (χ0v) is 14.2. The molecule has 2 heterocycles. The molecule has 2 fully saturated rings. The molecule has 2 saturated heterocycles. The lowest BCUT2D eigenvalue weighted by molar-refractivity contribution is -0.223. The molecule has 0 spiro atoms. The van der Waals surface area contributed by atoms with Gasteiger partial charge >= 0.3 is 5.97 Å². The number of rotatable bonds is 6. The third kappa shape index (κ3) is 3.60. The van der Waals surface area contributed by atoms with Gasteiger partial charge in [-0.05, 0) is 34.9 Å². The van der Waals surface area contributed by atoms with Crippen molar-refractivity contribution in [2.75, 3.05) is 27.8 Å². The van der Waals surface area contributed by atoms with Gasteiger partial charge in [0.15, 0.2) is 12.1 Å². The summed E-state index contributed by atoms with van der Waals surface area (Å²) >= 11 is 0. The average molecular weight is 317 g/mol. The molecule has 128 valence electrons. The van der Waals surface area contributed by atoms with Crippen molar-refractivity contribution in [3.63, 3.8) is 0 Å². The Bertz CT molecular complexity index is 399. The smallest absolute Gasteiger partial charge is 0.307 e. The number of likely N-dealkylation sites (N-methyl/N-ethyl adjacent to an activating group) is 1. The number of ether oxygens (including phenoxy) is 5. The highest BCUT2D eigenvalue weighted by atomic mass is 16.8. The number of methoxy groups -OCH3 is 1. The van der Waals surface area contributed by atoms with Gasteiger partial charge in [-0.2, -0.15) is 0 Å². The van der Waals surface area contributed by atoms with Gasteiger partial charge in [-0.1, -0.05) is 0 Å². The van der Waals surface area contributed by atoms with Crippen LogP contribution in [0.2, 0.25) is 0 Å². The highest BCUT2D eigenvalue weighted by Gasteiger charge is 2.57. The fourth-order valence-corrected chi connectivity index (χ4v) is 3.07. The fourth-order valence-electron chi connectivity index (χ4n) is 3.07. The Morgan fingerprint density at radius 3 is 2.55 bits per heavy atom. The maximum Gasteiger partial charge on any atom is 0.307 e. The van der Waals surface area contributed by atoms with Gasteiger partial charge in [0.2, 0.25) is 0 Å². The number of hydrogen-bond acceptors (Lipinski definition) is 7. The predicted molar refractivity (Wildman–Crippen MR) is 78.2 cm³/mol. The number of fused-ring (bicyclic) bond motifs is 1. The molecule has 0 aromatic rings. The molecule has 0 amide bonds. The van der Waals surface area contributed by atoms with E-state index in [4.69, 9.17) is 23.7 Å². The van der Waals surface area contributed by atoms with E-state index in [0.29, 0.717) is 6.61 Å². The first-order valence-electron chi connectivity index (χ1n) is 7.65. The molecule has 5 atom stereocenters. The second-order valence-corrected chi connectivity index (χ2v) is 6.31. The van der Waals surface area contributed by atoms with Gasteiger partial charge in [0.25, 0.3) is 0 Å². The summed E-state index contributed by atoms with van der Waals surface area (Å²) in [6.07, 6.45) is -1.16. The van der Waals surface area contributed by atoms with Gasteiger partial charge in [-0.3, -0.25) is 4.79 Å². The van der Waals surface area contributed by atoms with Crippen molar-refractivity contribution >= 4 is 5.97 Å². The Morgan fingerprint density at radius 1 is 1.32 bits per heavy atom. The minimum atomic E-state index is -0.689. The minimum Gasteiger partial charge on any atom is -0.466 e. The van der Waals surface area contributed by atoms with Crippen LogP contribution in [0.3, 0.4) is 0 Å². The minimum absolute atomic E-state index is 0.176. The molecule has 0 aliphatic carbocycles. The van der Waals surface area contributed by atoms with Crippen LogP contribution in [0.1, 0.15) is 27.2 Å². The van der Waals surface area contributed by atoms with Gasteiger partial charge in [-0.15, -0.1) is 0 Å². The van der Waals surface area contributed by atoms with Gasteiger partial charge < -0.3 is 28.6 Å². The molecule has 2 aliphatic rings. The highest BCUT2D eigenvalue weighted by molar-refractivity contribution is 5.70. The lowest BCUT2D eigenvalue weighted by Crippen LogP contribution is -2.49. The van der Waals surface area contributed by atoms with E-state index in [9.17, 15) is 4.79 Å². The topological polar surface area (TPSA) is 66.5 Å². The van der Waals surface area contributed by atoms with Crippen molar-refractivity contribution in [2.24, 2.45) is 0 Å². The van der Waals surface area contributed by atoms with Gasteiger partial charge in [-0.25, -0.2) is 0 Å². The molecule has 22 heavy (non-hydrogen) atoms. The molecular formula is C15H27NO6. The second-order valence-electron chi connectivity index (χ2n) is 6.31. The fraction of sp³-hybridized carbons (Fsp3) is 0.933. The molecule has 2 rings (SSSR count). The third-order valence-corrected chi connectivity index (χ3v) is 4.02. The maximum absolute atomic E-state index is 11.9. The molecule has 0 bridgehead atoms. The molecule has 0 aromatic heterocycles. The summed E-state index contributed by atoms with van der Waals surface area (Å²) in [5.74, 6) is -0.940. The summed E-state index contributed by atoms with van der Waals surface area (Å²) in [6, 6.07) is -0.176. The summed E-state index contributed by atoms with van der Waals surface area (Å²) in [6.45, 7) is 5.85. The maximum atomic E-state index is 11.9. The Balaban J connectivity index is 2.10. The summed E-state index contributed by atoms with van der Waals surface area (Å²) in [5.41, 5.74) is 0. The number of carbonyl (C=O) groups is 1. The summed E-state index contributed by atoms with van der Waals surface area (Å²) < 4.78 is 28.3. The zero-order valence-electron chi connectivity index (χ0n) is 14.2. The van der Waals surface area contributed by atoms with Crippen molar-refractivity contribution in [3.05, 3.63) is 0 Å². The van der Waals surface area contributed by atoms with Crippen molar-refractivity contribution in [3.8, 4) is 0 Å². The summed E-state index contributed by atoms with van der Waals surface area (Å²) in [7, 11) is 5.43. The van der Waals surface area contributed by atoms with Crippen LogP contribution in [0.15, 0.2) is 0 Å². The van der Waals surface area contributed by atoms with E-state index < -0.39 is 12.1 Å². The van der Waals surface area contributed by atoms with Crippen molar-refractivity contribution < 1.29 is 28.5 Å². The highest BCUT2D eigenvalue weighted by Crippen LogP contribution is 2.40. The second kappa shape index (κ2) is 6.80. The van der Waals surface area contributed by atoms with Crippen LogP contribution in [0, 0.1) is 0 Å². The van der Waals surface area contributed by atoms with Gasteiger partial charge in [0, 0.05) is 13.2 Å². The Hall–Kier alpha value is -0.730. The van der Waals surface area contributed by atoms with Crippen LogP contribution in [-0.4, -0.2) is 75.1 Å². The monoisotopic (exact) mass is 317 g/mol. The summed E-state index contributed by atoms with van der Waals surface area (Å²) in [4.78, 5) is 13.8. The average Bonchev–Trinajstić information content (AvgIpc) is 2.87. The van der Waals surface area contributed by atoms with E-state index in [1.807, 2.05) is 32.8 Å². The standard InChI is InChI=1S/C15H27NO6/c1-7-19-10(17)8-9(16(4)5)11-12(18-6)13-14(20-11)22-15(2,3)21-13/h9,11-14H,7-8H2,1-6H3/t9-,11-,12+,13-,14-/m1/s1. The van der Waals surface area contributed by atoms with Crippen LogP contribution >= 0.6 is 0 Å². The van der Waals surface area contributed by atoms with Crippen LogP contribution in [0.5, 0.6) is 0 Å². The number of nitrogens with zero attached hydrogens (tertiary/aromatic N) is 1. The van der Waals surface area contributed by atoms with Crippen LogP contribution in [-0.2, 0) is 28.5 Å². The largest absolute Gasteiger partial charge is 0.466 e. The van der Waals surface area contributed by atoms with E-state index >= 15 is 0 Å². The molecule has 0 N–H and O–H groups in total. The number of esters is 1. The van der Waals surface area contributed by atoms with Gasteiger partial charge in [0.05, 0.1) is 13.0 Å². The van der Waals surface area contributed by atoms with Crippen molar-refractivity contribution in [2.45, 2.75) is 63.6 Å². The van der Waals surface area contributed by atoms with E-state index in [2.05, 4.69) is 0 Å². The molecule has 0 saturated carbocycles. The Kier molecular flexibility index (Phi) is 5.45. The van der Waals surface area contributed by atoms with E-state index in [-0.39, 0.29) is 36.7 Å². The van der Waals surface area contributed by atoms with Crippen LogP contribution < -0.4 is 0 Å². The molecule has 7 nitrogen and oxygen atoms in total. The number of carbonyl (C=O) groups excluding carboxylic acids is 1. The van der Waals surface area contributed by atoms with Gasteiger partial charge in [0.1, 0.15) is 18.3 Å². The zero-order chi connectivity index (χ0) is 16.5. The van der Waals surface area contributed by atoms with Crippen LogP contribution in [0.4, 0.5) is 0 Å². The van der Waals surface area contributed by atoms with Crippen molar-refractivity contribution in [1.82, 2.24) is 4.90 Å². The van der Waals surface area contributed by atoms with E-state index in [1.165, 1.54) is 0 Å². The van der Waals surface area contributed by atoms with E-state index in [1.54, 1.807) is 14.0 Å². The molecule has 2 aliphatic heterocycles. The SMILES string of the molecule is CCOC(=O)C[C@H]([C@H]1O[C@@H]2OC(C)(C)O[C@@H]2[C@H]1OC)N(C)C. The normalized spacial score (nSPS) is 34.7. The molecule has 0 aromatic carbocycles. The predicted octanol–water partition coefficient (Wildman–Crippen LogP) is 0.761.